The van der Waals surface area contributed by atoms with E-state index in [0.717, 1.165) is 11.1 Å². The lowest BCUT2D eigenvalue weighted by Gasteiger charge is -2.09. The van der Waals surface area contributed by atoms with Crippen molar-refractivity contribution in [3.63, 3.8) is 0 Å². The van der Waals surface area contributed by atoms with Gasteiger partial charge in [-0.1, -0.05) is 30.3 Å². The van der Waals surface area contributed by atoms with Crippen LogP contribution in [0.1, 0.15) is 5.56 Å². The molecule has 0 N–H and O–H groups in total. The molecule has 0 unspecified atom stereocenters. The zero-order valence-electron chi connectivity index (χ0n) is 8.97. The van der Waals surface area contributed by atoms with Gasteiger partial charge in [-0.05, 0) is 24.5 Å². The molecule has 0 aliphatic heterocycles. The van der Waals surface area contributed by atoms with Crippen molar-refractivity contribution < 1.29 is 4.57 Å². The van der Waals surface area contributed by atoms with Gasteiger partial charge in [0.15, 0.2) is 0 Å². The summed E-state index contributed by atoms with van der Waals surface area (Å²) in [4.78, 5) is 0. The Morgan fingerprint density at radius 2 is 2.00 bits per heavy atom. The van der Waals surface area contributed by atoms with Crippen LogP contribution in [0.25, 0.3) is 5.57 Å². The summed E-state index contributed by atoms with van der Waals surface area (Å²) >= 11 is 0. The topological polar surface area (TPSA) is 40.9 Å². The molecule has 15 heavy (non-hydrogen) atoms. The molecule has 0 spiro atoms. The molecule has 0 radical (unpaired) electrons. The molecule has 0 aromatic heterocycles. The average molecular weight is 219 g/mol. The van der Waals surface area contributed by atoms with Crippen molar-refractivity contribution in [1.29, 1.82) is 5.26 Å². The Hall–Kier alpha value is -1.32. The van der Waals surface area contributed by atoms with E-state index in [0.29, 0.717) is 6.16 Å². The largest absolute Gasteiger partial charge is 0.324 e. The first kappa shape index (κ1) is 11.8. The maximum Gasteiger partial charge on any atom is 0.0915 e. The van der Waals surface area contributed by atoms with Gasteiger partial charge in [0.1, 0.15) is 0 Å². The van der Waals surface area contributed by atoms with E-state index in [1.807, 2.05) is 36.4 Å². The number of nitrogens with zero attached hydrogens (tertiary/aromatic N) is 1. The minimum Gasteiger partial charge on any atom is -0.324 e. The number of benzene rings is 1. The SMILES string of the molecule is CP(C)(=O)C/C(=C/C#N)c1ccccc1. The first-order chi connectivity index (χ1) is 7.03. The molecule has 0 aliphatic carbocycles. The summed E-state index contributed by atoms with van der Waals surface area (Å²) in [6.07, 6.45) is 1.96. The zero-order chi connectivity index (χ0) is 11.3. The van der Waals surface area contributed by atoms with Gasteiger partial charge in [0.25, 0.3) is 0 Å². The van der Waals surface area contributed by atoms with Gasteiger partial charge in [0.05, 0.1) is 13.2 Å². The van der Waals surface area contributed by atoms with Crippen LogP contribution in [-0.4, -0.2) is 19.5 Å². The standard InChI is InChI=1S/C12H14NOP/c1-15(2,14)10-12(8-9-13)11-6-4-3-5-7-11/h3-8H,10H2,1-2H3/b12-8-. The second-order valence-electron chi connectivity index (χ2n) is 3.90. The van der Waals surface area contributed by atoms with Crippen molar-refractivity contribution in [3.05, 3.63) is 42.0 Å². The van der Waals surface area contributed by atoms with Gasteiger partial charge < -0.3 is 4.57 Å². The van der Waals surface area contributed by atoms with Crippen LogP contribution in [0.2, 0.25) is 0 Å². The van der Waals surface area contributed by atoms with E-state index in [9.17, 15) is 4.57 Å². The Balaban J connectivity index is 3.02. The first-order valence-electron chi connectivity index (χ1n) is 4.71. The Bertz CT molecular complexity index is 436. The Labute approximate surface area is 90.6 Å². The fourth-order valence-corrected chi connectivity index (χ4v) is 2.45. The molecule has 3 heteroatoms. The molecule has 0 saturated carbocycles. The summed E-state index contributed by atoms with van der Waals surface area (Å²) in [5.41, 5.74) is 1.83. The Morgan fingerprint density at radius 1 is 1.40 bits per heavy atom. The van der Waals surface area contributed by atoms with Gasteiger partial charge in [-0.15, -0.1) is 0 Å². The smallest absolute Gasteiger partial charge is 0.0915 e. The third-order valence-corrected chi connectivity index (χ3v) is 3.04. The summed E-state index contributed by atoms with van der Waals surface area (Å²) in [6, 6.07) is 11.6. The molecule has 0 atom stereocenters. The van der Waals surface area contributed by atoms with Crippen LogP contribution in [-0.2, 0) is 4.57 Å². The third kappa shape index (κ3) is 4.14. The van der Waals surface area contributed by atoms with Gasteiger partial charge in [-0.2, -0.15) is 5.26 Å². The average Bonchev–Trinajstić information content (AvgIpc) is 2.17. The highest BCUT2D eigenvalue weighted by Crippen LogP contribution is 2.40. The second-order valence-corrected chi connectivity index (χ2v) is 7.36. The van der Waals surface area contributed by atoms with E-state index in [1.165, 1.54) is 6.08 Å². The minimum absolute atomic E-state index is 0.477. The Kier molecular flexibility index (Phi) is 3.88. The maximum absolute atomic E-state index is 11.7. The second kappa shape index (κ2) is 4.96. The van der Waals surface area contributed by atoms with Crippen molar-refractivity contribution >= 4 is 12.7 Å². The number of allylic oxidation sites excluding steroid dienone is 2. The summed E-state index contributed by atoms with van der Waals surface area (Å²) in [6.45, 7) is 3.47. The molecule has 78 valence electrons. The van der Waals surface area contributed by atoms with Crippen LogP contribution < -0.4 is 0 Å². The monoisotopic (exact) mass is 219 g/mol. The van der Waals surface area contributed by atoms with Crippen molar-refractivity contribution in [1.82, 2.24) is 0 Å². The number of nitriles is 1. The maximum atomic E-state index is 11.7. The molecule has 0 saturated heterocycles. The summed E-state index contributed by atoms with van der Waals surface area (Å²) in [5, 5.41) is 8.68. The molecule has 2 nitrogen and oxygen atoms in total. The molecule has 0 bridgehead atoms. The van der Waals surface area contributed by atoms with Crippen LogP contribution in [0, 0.1) is 11.3 Å². The molecule has 0 heterocycles. The van der Waals surface area contributed by atoms with Crippen molar-refractivity contribution in [2.75, 3.05) is 19.5 Å². The normalized spacial score (nSPS) is 12.2. The van der Waals surface area contributed by atoms with Crippen LogP contribution in [0.5, 0.6) is 0 Å². The van der Waals surface area contributed by atoms with E-state index in [1.54, 1.807) is 13.3 Å². The lowest BCUT2D eigenvalue weighted by atomic mass is 10.1. The van der Waals surface area contributed by atoms with Crippen LogP contribution >= 0.6 is 7.14 Å². The predicted octanol–water partition coefficient (Wildman–Crippen LogP) is 3.22. The zero-order valence-corrected chi connectivity index (χ0v) is 9.87. The fourth-order valence-electron chi connectivity index (χ4n) is 1.36. The number of hydrogen-bond acceptors (Lipinski definition) is 2. The predicted molar refractivity (Wildman–Crippen MR) is 64.4 cm³/mol. The highest BCUT2D eigenvalue weighted by Gasteiger charge is 2.11. The molecule has 0 aliphatic rings. The quantitative estimate of drug-likeness (QED) is 0.578. The van der Waals surface area contributed by atoms with E-state index in [-0.39, 0.29) is 0 Å². The van der Waals surface area contributed by atoms with Crippen molar-refractivity contribution in [3.8, 4) is 6.07 Å². The lowest BCUT2D eigenvalue weighted by Crippen LogP contribution is -1.92. The molecule has 1 rings (SSSR count). The molecule has 1 aromatic carbocycles. The number of rotatable bonds is 3. The van der Waals surface area contributed by atoms with Gasteiger partial charge in [0, 0.05) is 12.2 Å². The molecular formula is C12H14NOP. The summed E-state index contributed by atoms with van der Waals surface area (Å²) in [5.74, 6) is 0. The van der Waals surface area contributed by atoms with Crippen LogP contribution in [0.3, 0.4) is 0 Å². The molecule has 0 fully saturated rings. The van der Waals surface area contributed by atoms with Gasteiger partial charge in [-0.3, -0.25) is 0 Å². The number of hydrogen-bond donors (Lipinski definition) is 0. The highest BCUT2D eigenvalue weighted by atomic mass is 31.2. The minimum atomic E-state index is -2.14. The molecule has 1 aromatic rings. The van der Waals surface area contributed by atoms with Gasteiger partial charge >= 0.3 is 0 Å². The van der Waals surface area contributed by atoms with E-state index in [4.69, 9.17) is 5.26 Å². The van der Waals surface area contributed by atoms with Crippen LogP contribution in [0.15, 0.2) is 36.4 Å². The lowest BCUT2D eigenvalue weighted by molar-refractivity contribution is 0.584. The van der Waals surface area contributed by atoms with Gasteiger partial charge in [0.2, 0.25) is 0 Å². The van der Waals surface area contributed by atoms with E-state index < -0.39 is 7.14 Å². The highest BCUT2D eigenvalue weighted by molar-refractivity contribution is 7.62. The fraction of sp³-hybridized carbons (Fsp3) is 0.250. The molecular weight excluding hydrogens is 205 g/mol. The summed E-state index contributed by atoms with van der Waals surface area (Å²) in [7, 11) is -2.14. The van der Waals surface area contributed by atoms with Crippen molar-refractivity contribution in [2.45, 2.75) is 0 Å². The molecule has 0 amide bonds. The van der Waals surface area contributed by atoms with Gasteiger partial charge in [-0.25, -0.2) is 0 Å². The third-order valence-electron chi connectivity index (χ3n) is 1.93. The Morgan fingerprint density at radius 3 is 2.47 bits per heavy atom. The van der Waals surface area contributed by atoms with Crippen LogP contribution in [0.4, 0.5) is 0 Å². The van der Waals surface area contributed by atoms with E-state index >= 15 is 0 Å². The van der Waals surface area contributed by atoms with Crippen molar-refractivity contribution in [2.24, 2.45) is 0 Å². The first-order valence-corrected chi connectivity index (χ1v) is 7.49. The van der Waals surface area contributed by atoms with E-state index in [2.05, 4.69) is 0 Å². The summed E-state index contributed by atoms with van der Waals surface area (Å²) < 4.78 is 11.7.